The summed E-state index contributed by atoms with van der Waals surface area (Å²) in [7, 11) is 0. The molecule has 0 heterocycles. The molecule has 0 aliphatic heterocycles. The fourth-order valence-electron chi connectivity index (χ4n) is 6.10. The minimum absolute atomic E-state index is 0.0356. The van der Waals surface area contributed by atoms with Gasteiger partial charge in [0.15, 0.2) is 0 Å². The predicted octanol–water partition coefficient (Wildman–Crippen LogP) is 5.14. The summed E-state index contributed by atoms with van der Waals surface area (Å²) < 4.78 is 38.2. The van der Waals surface area contributed by atoms with Gasteiger partial charge < -0.3 is 9.47 Å². The molecule has 6 rings (SSSR count). The van der Waals surface area contributed by atoms with E-state index in [9.17, 15) is 18.4 Å². The molecule has 158 valence electrons. The average molecular weight is 414 g/mol. The fourth-order valence-corrected chi connectivity index (χ4v) is 6.10. The Kier molecular flexibility index (Phi) is 4.38. The van der Waals surface area contributed by atoms with E-state index in [1.54, 1.807) is 6.07 Å². The van der Waals surface area contributed by atoms with Crippen molar-refractivity contribution < 1.29 is 27.8 Å². The molecule has 0 spiro atoms. The Morgan fingerprint density at radius 1 is 1.00 bits per heavy atom. The highest BCUT2D eigenvalue weighted by molar-refractivity contribution is 6.04. The van der Waals surface area contributed by atoms with E-state index in [-0.39, 0.29) is 23.9 Å². The first-order valence-corrected chi connectivity index (χ1v) is 10.5. The molecule has 2 aromatic carbocycles. The van der Waals surface area contributed by atoms with E-state index in [0.717, 1.165) is 23.6 Å². The molecule has 0 N–H and O–H groups in total. The summed E-state index contributed by atoms with van der Waals surface area (Å²) in [6, 6.07) is 13.2. The van der Waals surface area contributed by atoms with Gasteiger partial charge in [-0.3, -0.25) is 0 Å². The van der Waals surface area contributed by atoms with E-state index in [1.807, 2.05) is 36.4 Å². The van der Waals surface area contributed by atoms with Crippen LogP contribution in [0, 0.1) is 17.8 Å². The van der Waals surface area contributed by atoms with Gasteiger partial charge >= 0.3 is 17.9 Å². The molecule has 0 aromatic heterocycles. The number of esters is 2. The lowest BCUT2D eigenvalue weighted by atomic mass is 9.53. The molecule has 6 heteroatoms. The van der Waals surface area contributed by atoms with E-state index in [1.165, 1.54) is 0 Å². The molecule has 4 aliphatic rings. The average Bonchev–Trinajstić information content (AvgIpc) is 2.68. The highest BCUT2D eigenvalue weighted by Crippen LogP contribution is 2.58. The number of carbonyl (C=O) groups excluding carboxylic acids is 2. The first kappa shape index (κ1) is 19.5. The summed E-state index contributed by atoms with van der Waals surface area (Å²) in [6.45, 7) is 0.574. The quantitative estimate of drug-likeness (QED) is 0.650. The zero-order chi connectivity index (χ0) is 21.1. The van der Waals surface area contributed by atoms with Crippen molar-refractivity contribution in [2.75, 3.05) is 0 Å². The van der Waals surface area contributed by atoms with E-state index in [0.29, 0.717) is 37.7 Å². The number of alkyl halides is 2. The molecule has 2 atom stereocenters. The summed E-state index contributed by atoms with van der Waals surface area (Å²) in [6.07, 6.45) is 3.09. The van der Waals surface area contributed by atoms with Gasteiger partial charge in [0, 0.05) is 18.8 Å². The van der Waals surface area contributed by atoms with Crippen molar-refractivity contribution in [3.8, 4) is 0 Å². The fraction of sp³-hybridized carbons (Fsp3) is 0.500. The maximum Gasteiger partial charge on any atom is 0.377 e. The van der Waals surface area contributed by atoms with Crippen LogP contribution < -0.4 is 0 Å². The number of benzene rings is 2. The Morgan fingerprint density at radius 2 is 1.67 bits per heavy atom. The minimum atomic E-state index is -3.50. The van der Waals surface area contributed by atoms with Gasteiger partial charge in [0.1, 0.15) is 11.7 Å². The van der Waals surface area contributed by atoms with Crippen LogP contribution >= 0.6 is 0 Å². The number of ether oxygens (including phenoxy) is 2. The summed E-state index contributed by atoms with van der Waals surface area (Å²) in [5, 5.41) is 1.83. The number of halogens is 2. The van der Waals surface area contributed by atoms with Gasteiger partial charge in [0.25, 0.3) is 0 Å². The second-order valence-corrected chi connectivity index (χ2v) is 9.33. The molecule has 2 aromatic rings. The first-order chi connectivity index (χ1) is 14.2. The van der Waals surface area contributed by atoms with Gasteiger partial charge in [-0.1, -0.05) is 36.4 Å². The van der Waals surface area contributed by atoms with Crippen LogP contribution in [0.4, 0.5) is 8.78 Å². The summed E-state index contributed by atoms with van der Waals surface area (Å²) in [5.74, 6) is -4.90. The highest BCUT2D eigenvalue weighted by atomic mass is 19.3. The lowest BCUT2D eigenvalue weighted by molar-refractivity contribution is -0.222. The molecule has 2 unspecified atom stereocenters. The van der Waals surface area contributed by atoms with Crippen molar-refractivity contribution in [3.63, 3.8) is 0 Å². The van der Waals surface area contributed by atoms with E-state index in [4.69, 9.17) is 9.47 Å². The zero-order valence-corrected chi connectivity index (χ0v) is 16.8. The van der Waals surface area contributed by atoms with E-state index >= 15 is 0 Å². The maximum absolute atomic E-state index is 13.4. The van der Waals surface area contributed by atoms with Gasteiger partial charge in [0.2, 0.25) is 0 Å². The molecular formula is C24H24F2O4. The Hall–Kier alpha value is -2.50. The normalized spacial score (nSPS) is 32.2. The van der Waals surface area contributed by atoms with Crippen molar-refractivity contribution in [3.05, 3.63) is 48.0 Å². The van der Waals surface area contributed by atoms with Crippen molar-refractivity contribution in [2.24, 2.45) is 17.8 Å². The van der Waals surface area contributed by atoms with Crippen LogP contribution in [0.5, 0.6) is 0 Å². The van der Waals surface area contributed by atoms with Gasteiger partial charge in [-0.2, -0.15) is 8.78 Å². The van der Waals surface area contributed by atoms with Crippen LogP contribution in [0.2, 0.25) is 0 Å². The predicted molar refractivity (Wildman–Crippen MR) is 106 cm³/mol. The molecule has 4 aliphatic carbocycles. The number of rotatable bonds is 4. The second kappa shape index (κ2) is 6.76. The van der Waals surface area contributed by atoms with Gasteiger partial charge in [-0.25, -0.2) is 9.59 Å². The van der Waals surface area contributed by atoms with Crippen LogP contribution in [0.3, 0.4) is 0 Å². The SMILES string of the molecule is CC(F)(F)C(=O)OC12CC3CC(C1)C(OC(=O)c1cccc4ccccc14)C(C3)C2. The van der Waals surface area contributed by atoms with E-state index in [2.05, 4.69) is 0 Å². The van der Waals surface area contributed by atoms with Crippen LogP contribution in [0.25, 0.3) is 10.8 Å². The Morgan fingerprint density at radius 3 is 2.37 bits per heavy atom. The van der Waals surface area contributed by atoms with Crippen molar-refractivity contribution in [2.45, 2.75) is 56.7 Å². The first-order valence-electron chi connectivity index (χ1n) is 10.5. The molecule has 30 heavy (non-hydrogen) atoms. The summed E-state index contributed by atoms with van der Waals surface area (Å²) in [4.78, 5) is 24.9. The molecule has 4 nitrogen and oxygen atoms in total. The molecule has 4 bridgehead atoms. The monoisotopic (exact) mass is 414 g/mol. The number of fused-ring (bicyclic) bond motifs is 1. The standard InChI is InChI=1S/C24H24F2O4/c1-23(25,26)22(28)30-24-11-14-9-16(12-24)20(17(10-14)13-24)29-21(27)19-8-4-6-15-5-2-3-7-18(15)19/h2-8,14,16-17,20H,9-13H2,1H3. The van der Waals surface area contributed by atoms with Crippen molar-refractivity contribution in [1.82, 2.24) is 0 Å². The Balaban J connectivity index is 1.36. The summed E-state index contributed by atoms with van der Waals surface area (Å²) in [5.41, 5.74) is -0.302. The van der Waals surface area contributed by atoms with Gasteiger partial charge in [-0.15, -0.1) is 0 Å². The number of carbonyl (C=O) groups is 2. The largest absolute Gasteiger partial charge is 0.458 e. The molecular weight excluding hydrogens is 390 g/mol. The third-order valence-electron chi connectivity index (χ3n) is 7.05. The second-order valence-electron chi connectivity index (χ2n) is 9.33. The number of hydrogen-bond acceptors (Lipinski definition) is 4. The van der Waals surface area contributed by atoms with Gasteiger partial charge in [0.05, 0.1) is 5.56 Å². The molecule has 0 radical (unpaired) electrons. The molecule has 0 amide bonds. The Bertz CT molecular complexity index is 990. The Labute approximate surface area is 173 Å². The molecule has 4 fully saturated rings. The topological polar surface area (TPSA) is 52.6 Å². The smallest absolute Gasteiger partial charge is 0.377 e. The van der Waals surface area contributed by atoms with Crippen LogP contribution in [-0.4, -0.2) is 29.6 Å². The van der Waals surface area contributed by atoms with E-state index < -0.39 is 17.5 Å². The molecule has 0 saturated heterocycles. The highest BCUT2D eigenvalue weighted by Gasteiger charge is 2.59. The zero-order valence-electron chi connectivity index (χ0n) is 16.8. The van der Waals surface area contributed by atoms with Crippen LogP contribution in [-0.2, 0) is 14.3 Å². The third-order valence-corrected chi connectivity index (χ3v) is 7.05. The lowest BCUT2D eigenvalue weighted by Gasteiger charge is -2.58. The lowest BCUT2D eigenvalue weighted by Crippen LogP contribution is -2.60. The molecule has 4 saturated carbocycles. The van der Waals surface area contributed by atoms with Crippen LogP contribution in [0.1, 0.15) is 49.4 Å². The van der Waals surface area contributed by atoms with Crippen LogP contribution in [0.15, 0.2) is 42.5 Å². The maximum atomic E-state index is 13.4. The minimum Gasteiger partial charge on any atom is -0.458 e. The van der Waals surface area contributed by atoms with Crippen molar-refractivity contribution in [1.29, 1.82) is 0 Å². The van der Waals surface area contributed by atoms with Crippen molar-refractivity contribution >= 4 is 22.7 Å². The van der Waals surface area contributed by atoms with Gasteiger partial charge in [-0.05, 0) is 54.9 Å². The summed E-state index contributed by atoms with van der Waals surface area (Å²) >= 11 is 0. The number of hydrogen-bond donors (Lipinski definition) is 0. The third kappa shape index (κ3) is 3.26.